The Kier molecular flexibility index (Phi) is 7.25. The summed E-state index contributed by atoms with van der Waals surface area (Å²) in [7, 11) is 0. The van der Waals surface area contributed by atoms with Crippen LogP contribution >= 0.6 is 0 Å². The second-order valence-electron chi connectivity index (χ2n) is 5.56. The van der Waals surface area contributed by atoms with Crippen molar-refractivity contribution in [2.24, 2.45) is 5.92 Å². The number of likely N-dealkylation sites (tertiary alicyclic amines) is 1. The Morgan fingerprint density at radius 3 is 2.41 bits per heavy atom. The van der Waals surface area contributed by atoms with E-state index in [0.717, 1.165) is 19.5 Å². The van der Waals surface area contributed by atoms with Crippen LogP contribution in [0.2, 0.25) is 0 Å². The van der Waals surface area contributed by atoms with Gasteiger partial charge in [-0.05, 0) is 44.8 Å². The van der Waals surface area contributed by atoms with Crippen molar-refractivity contribution >= 4 is 5.91 Å². The van der Waals surface area contributed by atoms with Crippen LogP contribution in [0.3, 0.4) is 0 Å². The van der Waals surface area contributed by atoms with Crippen LogP contribution in [0.4, 0.5) is 0 Å². The highest BCUT2D eigenvalue weighted by Gasteiger charge is 2.08. The maximum absolute atomic E-state index is 11.4. The van der Waals surface area contributed by atoms with E-state index in [1.54, 1.807) is 0 Å². The van der Waals surface area contributed by atoms with Crippen LogP contribution in [0.25, 0.3) is 0 Å². The monoisotopic (exact) mass is 240 g/mol. The van der Waals surface area contributed by atoms with Crippen molar-refractivity contribution in [1.82, 2.24) is 10.2 Å². The Labute approximate surface area is 106 Å². The molecule has 1 heterocycles. The predicted octanol–water partition coefficient (Wildman–Crippen LogP) is 2.41. The van der Waals surface area contributed by atoms with Crippen molar-refractivity contribution in [1.29, 1.82) is 0 Å². The van der Waals surface area contributed by atoms with E-state index in [0.29, 0.717) is 12.3 Å². The lowest BCUT2D eigenvalue weighted by Gasteiger charge is -2.19. The largest absolute Gasteiger partial charge is 0.356 e. The van der Waals surface area contributed by atoms with Crippen LogP contribution in [-0.4, -0.2) is 37.0 Å². The van der Waals surface area contributed by atoms with Gasteiger partial charge in [-0.15, -0.1) is 0 Å². The van der Waals surface area contributed by atoms with Gasteiger partial charge in [-0.25, -0.2) is 0 Å². The number of nitrogens with zero attached hydrogens (tertiary/aromatic N) is 1. The zero-order valence-corrected chi connectivity index (χ0v) is 11.5. The lowest BCUT2D eigenvalue weighted by Crippen LogP contribution is -2.31. The molecular formula is C14H28N2O. The maximum Gasteiger partial charge on any atom is 0.220 e. The lowest BCUT2D eigenvalue weighted by molar-refractivity contribution is -0.121. The first-order valence-electron chi connectivity index (χ1n) is 7.17. The van der Waals surface area contributed by atoms with Crippen molar-refractivity contribution in [3.8, 4) is 0 Å². The normalized spacial score (nSPS) is 18.1. The summed E-state index contributed by atoms with van der Waals surface area (Å²) in [6, 6.07) is 0. The topological polar surface area (TPSA) is 32.3 Å². The molecule has 1 N–H and O–H groups in total. The molecule has 0 aromatic carbocycles. The number of hydrogen-bond acceptors (Lipinski definition) is 2. The third-order valence-electron chi connectivity index (χ3n) is 3.27. The Hall–Kier alpha value is -0.570. The van der Waals surface area contributed by atoms with E-state index in [2.05, 4.69) is 24.1 Å². The number of carbonyl (C=O) groups is 1. The average molecular weight is 240 g/mol. The molecule has 100 valence electrons. The average Bonchev–Trinajstić information content (AvgIpc) is 2.52. The molecule has 3 heteroatoms. The fourth-order valence-electron chi connectivity index (χ4n) is 2.33. The Morgan fingerprint density at radius 2 is 1.82 bits per heavy atom. The van der Waals surface area contributed by atoms with Crippen molar-refractivity contribution in [2.45, 2.75) is 52.4 Å². The predicted molar refractivity (Wildman–Crippen MR) is 72.0 cm³/mol. The van der Waals surface area contributed by atoms with Gasteiger partial charge in [0, 0.05) is 13.0 Å². The van der Waals surface area contributed by atoms with Crippen LogP contribution in [0, 0.1) is 5.92 Å². The van der Waals surface area contributed by atoms with Crippen molar-refractivity contribution in [3.63, 3.8) is 0 Å². The third-order valence-corrected chi connectivity index (χ3v) is 3.27. The molecule has 3 nitrogen and oxygen atoms in total. The summed E-state index contributed by atoms with van der Waals surface area (Å²) in [5, 5.41) is 3.00. The molecule has 0 spiro atoms. The molecule has 1 amide bonds. The van der Waals surface area contributed by atoms with Gasteiger partial charge in [0.2, 0.25) is 5.91 Å². The zero-order valence-electron chi connectivity index (χ0n) is 11.5. The van der Waals surface area contributed by atoms with Crippen molar-refractivity contribution in [3.05, 3.63) is 0 Å². The number of rotatable bonds is 6. The van der Waals surface area contributed by atoms with E-state index >= 15 is 0 Å². The van der Waals surface area contributed by atoms with E-state index in [4.69, 9.17) is 0 Å². The summed E-state index contributed by atoms with van der Waals surface area (Å²) in [4.78, 5) is 14.0. The summed E-state index contributed by atoms with van der Waals surface area (Å²) in [6.07, 6.45) is 7.22. The molecule has 0 aromatic heterocycles. The Morgan fingerprint density at radius 1 is 1.18 bits per heavy atom. The molecular weight excluding hydrogens is 212 g/mol. The number of carbonyl (C=O) groups excluding carboxylic acids is 1. The molecule has 0 aromatic rings. The smallest absolute Gasteiger partial charge is 0.220 e. The second-order valence-corrected chi connectivity index (χ2v) is 5.56. The first-order valence-corrected chi connectivity index (χ1v) is 7.17. The molecule has 0 atom stereocenters. The molecule has 17 heavy (non-hydrogen) atoms. The van der Waals surface area contributed by atoms with Gasteiger partial charge in [0.05, 0.1) is 0 Å². The highest BCUT2D eigenvalue weighted by atomic mass is 16.1. The van der Waals surface area contributed by atoms with Gasteiger partial charge in [0.15, 0.2) is 0 Å². The van der Waals surface area contributed by atoms with E-state index in [1.165, 1.54) is 38.8 Å². The van der Waals surface area contributed by atoms with Gasteiger partial charge in [-0.3, -0.25) is 4.79 Å². The Bertz CT molecular complexity index is 208. The molecule has 1 rings (SSSR count). The molecule has 0 saturated carbocycles. The van der Waals surface area contributed by atoms with Gasteiger partial charge < -0.3 is 10.2 Å². The van der Waals surface area contributed by atoms with Crippen LogP contribution in [0.1, 0.15) is 52.4 Å². The van der Waals surface area contributed by atoms with Crippen LogP contribution < -0.4 is 5.32 Å². The second kappa shape index (κ2) is 8.51. The molecule has 0 aliphatic carbocycles. The number of amides is 1. The van der Waals surface area contributed by atoms with Gasteiger partial charge >= 0.3 is 0 Å². The molecule has 1 fully saturated rings. The van der Waals surface area contributed by atoms with Gasteiger partial charge in [-0.1, -0.05) is 26.7 Å². The highest BCUT2D eigenvalue weighted by molar-refractivity contribution is 5.75. The highest BCUT2D eigenvalue weighted by Crippen LogP contribution is 2.09. The van der Waals surface area contributed by atoms with E-state index < -0.39 is 0 Å². The minimum atomic E-state index is 0.205. The van der Waals surface area contributed by atoms with Gasteiger partial charge in [0.1, 0.15) is 0 Å². The minimum Gasteiger partial charge on any atom is -0.356 e. The maximum atomic E-state index is 11.4. The third kappa shape index (κ3) is 7.37. The summed E-state index contributed by atoms with van der Waals surface area (Å²) in [5.74, 6) is 0.663. The van der Waals surface area contributed by atoms with Gasteiger partial charge in [0.25, 0.3) is 0 Å². The molecule has 0 bridgehead atoms. The van der Waals surface area contributed by atoms with Gasteiger partial charge in [-0.2, -0.15) is 0 Å². The van der Waals surface area contributed by atoms with E-state index in [1.807, 2.05) is 0 Å². The van der Waals surface area contributed by atoms with E-state index in [9.17, 15) is 4.79 Å². The SMILES string of the molecule is CC(C)CC(=O)NCCCN1CCCCCC1. The zero-order chi connectivity index (χ0) is 12.5. The summed E-state index contributed by atoms with van der Waals surface area (Å²) in [6.45, 7) is 8.64. The van der Waals surface area contributed by atoms with Crippen LogP contribution in [0.15, 0.2) is 0 Å². The number of nitrogens with one attached hydrogen (secondary N) is 1. The molecule has 0 unspecified atom stereocenters. The minimum absolute atomic E-state index is 0.205. The quantitative estimate of drug-likeness (QED) is 0.723. The van der Waals surface area contributed by atoms with Crippen LogP contribution in [0.5, 0.6) is 0 Å². The summed E-state index contributed by atoms with van der Waals surface area (Å²) in [5.41, 5.74) is 0. The summed E-state index contributed by atoms with van der Waals surface area (Å²) < 4.78 is 0. The van der Waals surface area contributed by atoms with E-state index in [-0.39, 0.29) is 5.91 Å². The molecule has 1 saturated heterocycles. The van der Waals surface area contributed by atoms with Crippen molar-refractivity contribution in [2.75, 3.05) is 26.2 Å². The first kappa shape index (κ1) is 14.5. The van der Waals surface area contributed by atoms with Crippen LogP contribution in [-0.2, 0) is 4.79 Å². The molecule has 0 radical (unpaired) electrons. The standard InChI is InChI=1S/C14H28N2O/c1-13(2)12-14(17)15-8-7-11-16-9-5-3-4-6-10-16/h13H,3-12H2,1-2H3,(H,15,17). The fraction of sp³-hybridized carbons (Fsp3) is 0.929. The number of hydrogen-bond donors (Lipinski definition) is 1. The first-order chi connectivity index (χ1) is 8.18. The van der Waals surface area contributed by atoms with Crippen molar-refractivity contribution < 1.29 is 4.79 Å². The summed E-state index contributed by atoms with van der Waals surface area (Å²) >= 11 is 0. The molecule has 1 aliphatic heterocycles. The molecule has 1 aliphatic rings. The fourth-order valence-corrected chi connectivity index (χ4v) is 2.33. The Balaban J connectivity index is 2.01. The lowest BCUT2D eigenvalue weighted by atomic mass is 10.1.